The van der Waals surface area contributed by atoms with E-state index in [4.69, 9.17) is 0 Å². The molecule has 0 N–H and O–H groups in total. The molecule has 0 saturated carbocycles. The first kappa shape index (κ1) is 10.9. The number of hydrogen-bond acceptors (Lipinski definition) is 1. The highest BCUT2D eigenvalue weighted by molar-refractivity contribution is 5.93. The number of aldehydes is 1. The van der Waals surface area contributed by atoms with Crippen molar-refractivity contribution in [1.82, 2.24) is 0 Å². The van der Waals surface area contributed by atoms with Gasteiger partial charge in [-0.25, -0.2) is 0 Å². The monoisotopic (exact) mass is 212 g/mol. The van der Waals surface area contributed by atoms with Crippen molar-refractivity contribution in [2.45, 2.75) is 26.7 Å². The Kier molecular flexibility index (Phi) is 3.04. The summed E-state index contributed by atoms with van der Waals surface area (Å²) in [6.45, 7) is 4.25. The fourth-order valence-electron chi connectivity index (χ4n) is 2.19. The van der Waals surface area contributed by atoms with Crippen molar-refractivity contribution >= 4 is 17.1 Å². The topological polar surface area (TPSA) is 17.1 Å². The van der Waals surface area contributed by atoms with Crippen LogP contribution in [0.4, 0.5) is 0 Å². The summed E-state index contributed by atoms with van der Waals surface area (Å²) in [7, 11) is 0. The molecule has 0 aromatic heterocycles. The van der Waals surface area contributed by atoms with Gasteiger partial charge in [-0.15, -0.1) is 0 Å². The van der Waals surface area contributed by atoms with Crippen LogP contribution in [0.5, 0.6) is 0 Å². The Morgan fingerprint density at radius 3 is 2.50 bits per heavy atom. The molecule has 0 aliphatic carbocycles. The Labute approximate surface area is 96.1 Å². The lowest BCUT2D eigenvalue weighted by molar-refractivity contribution is 0.112. The van der Waals surface area contributed by atoms with Gasteiger partial charge in [0.05, 0.1) is 0 Å². The molecule has 0 unspecified atom stereocenters. The van der Waals surface area contributed by atoms with Gasteiger partial charge in [0.1, 0.15) is 6.29 Å². The van der Waals surface area contributed by atoms with Crippen molar-refractivity contribution in [2.24, 2.45) is 0 Å². The lowest BCUT2D eigenvalue weighted by atomic mass is 9.96. The van der Waals surface area contributed by atoms with Crippen molar-refractivity contribution in [3.8, 4) is 0 Å². The zero-order valence-electron chi connectivity index (χ0n) is 9.79. The van der Waals surface area contributed by atoms with Gasteiger partial charge in [-0.2, -0.15) is 0 Å². The molecule has 0 amide bonds. The molecule has 2 rings (SSSR count). The van der Waals surface area contributed by atoms with Crippen LogP contribution in [0.2, 0.25) is 0 Å². The first-order valence-corrected chi connectivity index (χ1v) is 5.79. The lowest BCUT2D eigenvalue weighted by Crippen LogP contribution is -1.93. The second-order valence-electron chi connectivity index (χ2n) is 4.01. The third-order valence-electron chi connectivity index (χ3n) is 3.12. The third-order valence-corrected chi connectivity index (χ3v) is 3.12. The van der Waals surface area contributed by atoms with E-state index in [-0.39, 0.29) is 0 Å². The second-order valence-corrected chi connectivity index (χ2v) is 4.01. The Balaban J connectivity index is 2.73. The third kappa shape index (κ3) is 1.73. The van der Waals surface area contributed by atoms with E-state index in [1.165, 1.54) is 16.3 Å². The van der Waals surface area contributed by atoms with Crippen LogP contribution in [-0.4, -0.2) is 6.29 Å². The summed E-state index contributed by atoms with van der Waals surface area (Å²) >= 11 is 0. The van der Waals surface area contributed by atoms with E-state index in [2.05, 4.69) is 32.0 Å². The molecule has 0 saturated heterocycles. The Morgan fingerprint density at radius 1 is 1.06 bits per heavy atom. The van der Waals surface area contributed by atoms with Gasteiger partial charge in [-0.3, -0.25) is 4.79 Å². The minimum Gasteiger partial charge on any atom is -0.298 e. The summed E-state index contributed by atoms with van der Waals surface area (Å²) in [6, 6.07) is 10.5. The van der Waals surface area contributed by atoms with Crippen molar-refractivity contribution < 1.29 is 4.79 Å². The average molecular weight is 212 g/mol. The maximum atomic E-state index is 11.0. The summed E-state index contributed by atoms with van der Waals surface area (Å²) in [5.41, 5.74) is 3.32. The molecule has 82 valence electrons. The van der Waals surface area contributed by atoms with Crippen molar-refractivity contribution in [2.75, 3.05) is 0 Å². The van der Waals surface area contributed by atoms with Crippen LogP contribution < -0.4 is 0 Å². The van der Waals surface area contributed by atoms with Crippen molar-refractivity contribution in [3.05, 3.63) is 47.0 Å². The predicted molar refractivity (Wildman–Crippen MR) is 68.1 cm³/mol. The van der Waals surface area contributed by atoms with Gasteiger partial charge >= 0.3 is 0 Å². The van der Waals surface area contributed by atoms with Crippen LogP contribution in [0.1, 0.15) is 35.3 Å². The van der Waals surface area contributed by atoms with Crippen LogP contribution in [0, 0.1) is 0 Å². The van der Waals surface area contributed by atoms with Crippen molar-refractivity contribution in [1.29, 1.82) is 0 Å². The number of hydrogen-bond donors (Lipinski definition) is 0. The number of benzene rings is 2. The van der Waals surface area contributed by atoms with Gasteiger partial charge in [-0.05, 0) is 34.7 Å². The molecule has 16 heavy (non-hydrogen) atoms. The predicted octanol–water partition coefficient (Wildman–Crippen LogP) is 3.78. The molecular formula is C15H16O. The molecule has 0 bridgehead atoms. The van der Waals surface area contributed by atoms with E-state index in [9.17, 15) is 4.79 Å². The highest BCUT2D eigenvalue weighted by Gasteiger charge is 2.05. The molecule has 0 heterocycles. The Bertz CT molecular complexity index is 526. The number of carbonyl (C=O) groups is 1. The fourth-order valence-corrected chi connectivity index (χ4v) is 2.19. The zero-order valence-corrected chi connectivity index (χ0v) is 9.79. The average Bonchev–Trinajstić information content (AvgIpc) is 2.36. The second kappa shape index (κ2) is 4.48. The summed E-state index contributed by atoms with van der Waals surface area (Å²) in [6.07, 6.45) is 2.90. The van der Waals surface area contributed by atoms with Gasteiger partial charge in [0, 0.05) is 5.56 Å². The highest BCUT2D eigenvalue weighted by atomic mass is 16.1. The fraction of sp³-hybridized carbons (Fsp3) is 0.267. The summed E-state index contributed by atoms with van der Waals surface area (Å²) in [5.74, 6) is 0. The van der Waals surface area contributed by atoms with Gasteiger partial charge in [-0.1, -0.05) is 44.2 Å². The number of rotatable bonds is 3. The van der Waals surface area contributed by atoms with Crippen LogP contribution in [0.3, 0.4) is 0 Å². The molecule has 1 nitrogen and oxygen atoms in total. The SMILES string of the molecule is CCc1ccc2c(CC)c(C=O)ccc2c1. The van der Waals surface area contributed by atoms with E-state index in [1.54, 1.807) is 0 Å². The first-order chi connectivity index (χ1) is 7.80. The van der Waals surface area contributed by atoms with E-state index in [0.717, 1.165) is 30.3 Å². The van der Waals surface area contributed by atoms with Crippen LogP contribution in [0.15, 0.2) is 30.3 Å². The molecule has 0 radical (unpaired) electrons. The smallest absolute Gasteiger partial charge is 0.150 e. The van der Waals surface area contributed by atoms with Crippen LogP contribution in [0.25, 0.3) is 10.8 Å². The summed E-state index contributed by atoms with van der Waals surface area (Å²) in [5, 5.41) is 2.45. The standard InChI is InChI=1S/C15H16O/c1-3-11-5-8-15-12(9-11)6-7-13(10-16)14(15)4-2/h5-10H,3-4H2,1-2H3. The van der Waals surface area contributed by atoms with Crippen molar-refractivity contribution in [3.63, 3.8) is 0 Å². The Hall–Kier alpha value is -1.63. The molecule has 2 aromatic rings. The number of carbonyl (C=O) groups excluding carboxylic acids is 1. The number of fused-ring (bicyclic) bond motifs is 1. The molecule has 0 spiro atoms. The minimum atomic E-state index is 0.819. The normalized spacial score (nSPS) is 10.6. The molecular weight excluding hydrogens is 196 g/mol. The molecule has 0 atom stereocenters. The van der Waals surface area contributed by atoms with E-state index in [0.29, 0.717) is 0 Å². The van der Waals surface area contributed by atoms with E-state index >= 15 is 0 Å². The minimum absolute atomic E-state index is 0.819. The van der Waals surface area contributed by atoms with Crippen LogP contribution in [-0.2, 0) is 12.8 Å². The zero-order chi connectivity index (χ0) is 11.5. The van der Waals surface area contributed by atoms with Gasteiger partial charge < -0.3 is 0 Å². The van der Waals surface area contributed by atoms with Crippen LogP contribution >= 0.6 is 0 Å². The number of aryl methyl sites for hydroxylation is 2. The molecule has 0 aliphatic heterocycles. The summed E-state index contributed by atoms with van der Waals surface area (Å²) < 4.78 is 0. The van der Waals surface area contributed by atoms with E-state index in [1.807, 2.05) is 12.1 Å². The molecule has 1 heteroatoms. The molecule has 2 aromatic carbocycles. The van der Waals surface area contributed by atoms with Gasteiger partial charge in [0.2, 0.25) is 0 Å². The summed E-state index contributed by atoms with van der Waals surface area (Å²) in [4.78, 5) is 11.0. The maximum Gasteiger partial charge on any atom is 0.150 e. The quantitative estimate of drug-likeness (QED) is 0.708. The van der Waals surface area contributed by atoms with Gasteiger partial charge in [0.15, 0.2) is 0 Å². The largest absolute Gasteiger partial charge is 0.298 e. The first-order valence-electron chi connectivity index (χ1n) is 5.79. The highest BCUT2D eigenvalue weighted by Crippen LogP contribution is 2.23. The molecule has 0 fully saturated rings. The van der Waals surface area contributed by atoms with E-state index < -0.39 is 0 Å². The Morgan fingerprint density at radius 2 is 1.88 bits per heavy atom. The lowest BCUT2D eigenvalue weighted by Gasteiger charge is -2.08. The maximum absolute atomic E-state index is 11.0. The molecule has 0 aliphatic rings. The van der Waals surface area contributed by atoms with Gasteiger partial charge in [0.25, 0.3) is 0 Å².